The molecule has 0 bridgehead atoms. The van der Waals surface area contributed by atoms with Gasteiger partial charge in [0.2, 0.25) is 0 Å². The molecular formula is C12H14. The number of rotatable bonds is 2. The molecule has 0 spiro atoms. The summed E-state index contributed by atoms with van der Waals surface area (Å²) in [6.45, 7) is 4.12. The lowest BCUT2D eigenvalue weighted by Gasteiger charge is -1.93. The summed E-state index contributed by atoms with van der Waals surface area (Å²) in [5.74, 6) is 0. The summed E-state index contributed by atoms with van der Waals surface area (Å²) in [6.07, 6.45) is 8.20. The standard InChI is InChI=1S/C12H14/c1-3-4-5-8-12-9-6-7-11(2)10-12/h3-10H,1-2H3/b4-3+,8-5+. The van der Waals surface area contributed by atoms with Crippen LogP contribution in [0.4, 0.5) is 0 Å². The summed E-state index contributed by atoms with van der Waals surface area (Å²) in [5.41, 5.74) is 2.56. The van der Waals surface area contributed by atoms with Gasteiger partial charge in [-0.2, -0.15) is 0 Å². The SMILES string of the molecule is C/C=C/C=C/c1cccc(C)c1. The van der Waals surface area contributed by atoms with Crippen LogP contribution >= 0.6 is 0 Å². The van der Waals surface area contributed by atoms with Crippen molar-refractivity contribution in [2.75, 3.05) is 0 Å². The molecule has 1 aromatic rings. The fourth-order valence-corrected chi connectivity index (χ4v) is 1.05. The van der Waals surface area contributed by atoms with Gasteiger partial charge in [-0.3, -0.25) is 0 Å². The first-order chi connectivity index (χ1) is 5.83. The third-order valence-electron chi connectivity index (χ3n) is 1.63. The third-order valence-corrected chi connectivity index (χ3v) is 1.63. The smallest absolute Gasteiger partial charge is 0.0254 e. The molecular weight excluding hydrogens is 144 g/mol. The van der Waals surface area contributed by atoms with Gasteiger partial charge in [0, 0.05) is 0 Å². The van der Waals surface area contributed by atoms with E-state index in [1.54, 1.807) is 0 Å². The predicted molar refractivity (Wildman–Crippen MR) is 55.0 cm³/mol. The number of allylic oxidation sites excluding steroid dienone is 3. The molecule has 0 amide bonds. The molecule has 1 aromatic carbocycles. The van der Waals surface area contributed by atoms with Gasteiger partial charge in [-0.05, 0) is 19.4 Å². The molecule has 0 saturated heterocycles. The normalized spacial score (nSPS) is 11.5. The first kappa shape index (κ1) is 8.79. The van der Waals surface area contributed by atoms with Crippen molar-refractivity contribution in [3.8, 4) is 0 Å². The molecule has 0 fully saturated rings. The van der Waals surface area contributed by atoms with Crippen LogP contribution in [0.2, 0.25) is 0 Å². The molecule has 1 rings (SSSR count). The van der Waals surface area contributed by atoms with E-state index in [2.05, 4.69) is 43.3 Å². The van der Waals surface area contributed by atoms with Crippen LogP contribution < -0.4 is 0 Å². The highest BCUT2D eigenvalue weighted by atomic mass is 13.9. The van der Waals surface area contributed by atoms with Gasteiger partial charge in [0.05, 0.1) is 0 Å². The van der Waals surface area contributed by atoms with Gasteiger partial charge in [-0.1, -0.05) is 54.1 Å². The van der Waals surface area contributed by atoms with Crippen molar-refractivity contribution in [1.29, 1.82) is 0 Å². The lowest BCUT2D eigenvalue weighted by atomic mass is 10.1. The lowest BCUT2D eigenvalue weighted by Crippen LogP contribution is -1.73. The zero-order chi connectivity index (χ0) is 8.81. The van der Waals surface area contributed by atoms with Gasteiger partial charge in [-0.25, -0.2) is 0 Å². The fourth-order valence-electron chi connectivity index (χ4n) is 1.05. The highest BCUT2D eigenvalue weighted by molar-refractivity contribution is 5.51. The van der Waals surface area contributed by atoms with E-state index >= 15 is 0 Å². The Morgan fingerprint density at radius 1 is 1.17 bits per heavy atom. The van der Waals surface area contributed by atoms with E-state index in [1.807, 2.05) is 19.1 Å². The molecule has 62 valence electrons. The molecule has 0 nitrogen and oxygen atoms in total. The van der Waals surface area contributed by atoms with E-state index in [4.69, 9.17) is 0 Å². The molecule has 0 radical (unpaired) electrons. The van der Waals surface area contributed by atoms with E-state index in [0.717, 1.165) is 0 Å². The topological polar surface area (TPSA) is 0 Å². The predicted octanol–water partition coefficient (Wildman–Crippen LogP) is 3.58. The van der Waals surface area contributed by atoms with Gasteiger partial charge in [0.15, 0.2) is 0 Å². The Morgan fingerprint density at radius 3 is 2.67 bits per heavy atom. The van der Waals surface area contributed by atoms with Crippen LogP contribution in [0.3, 0.4) is 0 Å². The maximum absolute atomic E-state index is 2.17. The van der Waals surface area contributed by atoms with Crippen molar-refractivity contribution >= 4 is 6.08 Å². The zero-order valence-electron chi connectivity index (χ0n) is 7.62. The van der Waals surface area contributed by atoms with Gasteiger partial charge < -0.3 is 0 Å². The molecule has 0 heterocycles. The second kappa shape index (κ2) is 4.55. The van der Waals surface area contributed by atoms with E-state index in [1.165, 1.54) is 11.1 Å². The van der Waals surface area contributed by atoms with Gasteiger partial charge in [0.1, 0.15) is 0 Å². The second-order valence-electron chi connectivity index (χ2n) is 2.80. The number of benzene rings is 1. The Balaban J connectivity index is 2.76. The molecule has 0 atom stereocenters. The van der Waals surface area contributed by atoms with E-state index in [0.29, 0.717) is 0 Å². The molecule has 0 saturated carbocycles. The van der Waals surface area contributed by atoms with Crippen molar-refractivity contribution < 1.29 is 0 Å². The Hall–Kier alpha value is -1.30. The molecule has 12 heavy (non-hydrogen) atoms. The lowest BCUT2D eigenvalue weighted by molar-refractivity contribution is 1.46. The molecule has 0 aliphatic heterocycles. The highest BCUT2D eigenvalue weighted by Crippen LogP contribution is 2.05. The molecule has 0 aliphatic carbocycles. The highest BCUT2D eigenvalue weighted by Gasteiger charge is 1.84. The first-order valence-corrected chi connectivity index (χ1v) is 4.19. The van der Waals surface area contributed by atoms with Crippen molar-refractivity contribution in [1.82, 2.24) is 0 Å². The van der Waals surface area contributed by atoms with Crippen LogP contribution in [-0.4, -0.2) is 0 Å². The zero-order valence-corrected chi connectivity index (χ0v) is 7.62. The molecule has 0 N–H and O–H groups in total. The Morgan fingerprint density at radius 2 is 2.00 bits per heavy atom. The average Bonchev–Trinajstić information content (AvgIpc) is 2.05. The van der Waals surface area contributed by atoms with Gasteiger partial charge in [-0.15, -0.1) is 0 Å². The summed E-state index contributed by atoms with van der Waals surface area (Å²) in [5, 5.41) is 0. The van der Waals surface area contributed by atoms with Crippen LogP contribution in [0.15, 0.2) is 42.5 Å². The van der Waals surface area contributed by atoms with Crippen LogP contribution in [0.5, 0.6) is 0 Å². The summed E-state index contributed by atoms with van der Waals surface area (Å²) in [7, 11) is 0. The summed E-state index contributed by atoms with van der Waals surface area (Å²) >= 11 is 0. The number of aryl methyl sites for hydroxylation is 1. The number of hydrogen-bond acceptors (Lipinski definition) is 0. The van der Waals surface area contributed by atoms with Crippen molar-refractivity contribution in [3.05, 3.63) is 53.6 Å². The minimum Gasteiger partial charge on any atom is -0.0877 e. The average molecular weight is 158 g/mol. The number of hydrogen-bond donors (Lipinski definition) is 0. The first-order valence-electron chi connectivity index (χ1n) is 4.19. The minimum absolute atomic E-state index is 1.26. The largest absolute Gasteiger partial charge is 0.0877 e. The van der Waals surface area contributed by atoms with E-state index in [-0.39, 0.29) is 0 Å². The van der Waals surface area contributed by atoms with Gasteiger partial charge >= 0.3 is 0 Å². The Bertz CT molecular complexity index is 293. The molecule has 0 heteroatoms. The second-order valence-corrected chi connectivity index (χ2v) is 2.80. The molecule has 0 aliphatic rings. The maximum Gasteiger partial charge on any atom is -0.0254 e. The van der Waals surface area contributed by atoms with Crippen LogP contribution in [0, 0.1) is 6.92 Å². The van der Waals surface area contributed by atoms with Crippen molar-refractivity contribution in [3.63, 3.8) is 0 Å². The molecule has 0 unspecified atom stereocenters. The van der Waals surface area contributed by atoms with E-state index < -0.39 is 0 Å². The summed E-state index contributed by atoms with van der Waals surface area (Å²) in [6, 6.07) is 8.45. The van der Waals surface area contributed by atoms with Crippen molar-refractivity contribution in [2.45, 2.75) is 13.8 Å². The monoisotopic (exact) mass is 158 g/mol. The van der Waals surface area contributed by atoms with Crippen LogP contribution in [0.1, 0.15) is 18.1 Å². The Labute approximate surface area is 74.2 Å². The Kier molecular flexibility index (Phi) is 3.34. The maximum atomic E-state index is 2.17. The quantitative estimate of drug-likeness (QED) is 0.577. The summed E-state index contributed by atoms with van der Waals surface area (Å²) < 4.78 is 0. The van der Waals surface area contributed by atoms with Crippen LogP contribution in [0.25, 0.3) is 6.08 Å². The fraction of sp³-hybridized carbons (Fsp3) is 0.167. The van der Waals surface area contributed by atoms with E-state index in [9.17, 15) is 0 Å². The summed E-state index contributed by atoms with van der Waals surface area (Å²) in [4.78, 5) is 0. The molecule has 0 aromatic heterocycles. The van der Waals surface area contributed by atoms with Crippen molar-refractivity contribution in [2.24, 2.45) is 0 Å². The third kappa shape index (κ3) is 2.75. The minimum atomic E-state index is 1.26. The van der Waals surface area contributed by atoms with Crippen LogP contribution in [-0.2, 0) is 0 Å². The van der Waals surface area contributed by atoms with Gasteiger partial charge in [0.25, 0.3) is 0 Å².